The quantitative estimate of drug-likeness (QED) is 0.842. The molecule has 112 valence electrons. The lowest BCUT2D eigenvalue weighted by molar-refractivity contribution is 0.102. The van der Waals surface area contributed by atoms with Crippen molar-refractivity contribution in [3.8, 4) is 0 Å². The fourth-order valence-corrected chi connectivity index (χ4v) is 2.92. The van der Waals surface area contributed by atoms with E-state index < -0.39 is 0 Å². The summed E-state index contributed by atoms with van der Waals surface area (Å²) in [4.78, 5) is 13.9. The predicted molar refractivity (Wildman–Crippen MR) is 89.9 cm³/mol. The van der Waals surface area contributed by atoms with E-state index in [9.17, 15) is 9.18 Å². The van der Waals surface area contributed by atoms with Gasteiger partial charge in [-0.25, -0.2) is 4.39 Å². The highest BCUT2D eigenvalue weighted by Gasteiger charge is 2.13. The standard InChI is InChI=1S/C15H16BrFN2OS/c1-9(2)19(3)13-5-4-11(7-12(13)17)18-15(20)10-6-14(16)21-8-10/h4-9H,1-3H3,(H,18,20). The molecule has 1 aromatic heterocycles. The zero-order valence-corrected chi connectivity index (χ0v) is 14.4. The summed E-state index contributed by atoms with van der Waals surface area (Å²) in [5.74, 6) is -0.600. The van der Waals surface area contributed by atoms with E-state index in [1.54, 1.807) is 23.6 Å². The van der Waals surface area contributed by atoms with Crippen molar-refractivity contribution in [2.24, 2.45) is 0 Å². The second-order valence-corrected chi connectivity index (χ2v) is 7.25. The van der Waals surface area contributed by atoms with E-state index in [1.807, 2.05) is 25.8 Å². The fourth-order valence-electron chi connectivity index (χ4n) is 1.78. The van der Waals surface area contributed by atoms with Gasteiger partial charge in [-0.3, -0.25) is 4.79 Å². The number of carbonyl (C=O) groups is 1. The molecule has 1 heterocycles. The molecule has 0 atom stereocenters. The summed E-state index contributed by atoms with van der Waals surface area (Å²) in [5, 5.41) is 4.44. The number of carbonyl (C=O) groups excluding carboxylic acids is 1. The van der Waals surface area contributed by atoms with Crippen molar-refractivity contribution < 1.29 is 9.18 Å². The highest BCUT2D eigenvalue weighted by Crippen LogP contribution is 2.25. The molecule has 2 rings (SSSR count). The normalized spacial score (nSPS) is 10.8. The van der Waals surface area contributed by atoms with Crippen molar-refractivity contribution in [3.63, 3.8) is 0 Å². The summed E-state index contributed by atoms with van der Waals surface area (Å²) in [6.45, 7) is 3.98. The molecule has 0 bridgehead atoms. The van der Waals surface area contributed by atoms with Crippen LogP contribution in [0.15, 0.2) is 33.4 Å². The van der Waals surface area contributed by atoms with Crippen LogP contribution in [0.1, 0.15) is 24.2 Å². The molecule has 0 aliphatic carbocycles. The van der Waals surface area contributed by atoms with Gasteiger partial charge in [-0.2, -0.15) is 0 Å². The molecule has 1 amide bonds. The van der Waals surface area contributed by atoms with E-state index >= 15 is 0 Å². The average molecular weight is 371 g/mol. The molecular weight excluding hydrogens is 355 g/mol. The minimum Gasteiger partial charge on any atom is -0.370 e. The van der Waals surface area contributed by atoms with Gasteiger partial charge in [0.2, 0.25) is 0 Å². The van der Waals surface area contributed by atoms with E-state index in [-0.39, 0.29) is 17.8 Å². The molecule has 0 aliphatic heterocycles. The maximum atomic E-state index is 14.1. The Morgan fingerprint density at radius 1 is 1.38 bits per heavy atom. The van der Waals surface area contributed by atoms with Crippen molar-refractivity contribution in [1.82, 2.24) is 0 Å². The highest BCUT2D eigenvalue weighted by molar-refractivity contribution is 9.11. The van der Waals surface area contributed by atoms with Gasteiger partial charge < -0.3 is 10.2 Å². The van der Waals surface area contributed by atoms with Gasteiger partial charge in [-0.15, -0.1) is 11.3 Å². The molecule has 1 N–H and O–H groups in total. The number of nitrogens with zero attached hydrogens (tertiary/aromatic N) is 1. The average Bonchev–Trinajstić information content (AvgIpc) is 2.85. The molecule has 0 spiro atoms. The minimum absolute atomic E-state index is 0.197. The fraction of sp³-hybridized carbons (Fsp3) is 0.267. The first-order valence-corrected chi connectivity index (χ1v) is 8.13. The first-order valence-electron chi connectivity index (χ1n) is 6.46. The molecule has 3 nitrogen and oxygen atoms in total. The largest absolute Gasteiger partial charge is 0.370 e. The summed E-state index contributed by atoms with van der Waals surface area (Å²) in [6.07, 6.45) is 0. The molecule has 0 aliphatic rings. The van der Waals surface area contributed by atoms with E-state index in [0.29, 0.717) is 16.9 Å². The van der Waals surface area contributed by atoms with Gasteiger partial charge in [0.25, 0.3) is 5.91 Å². The Morgan fingerprint density at radius 2 is 2.10 bits per heavy atom. The second-order valence-electron chi connectivity index (χ2n) is 4.96. The van der Waals surface area contributed by atoms with Crippen LogP contribution in [-0.4, -0.2) is 19.0 Å². The lowest BCUT2D eigenvalue weighted by atomic mass is 10.2. The van der Waals surface area contributed by atoms with Crippen molar-refractivity contribution in [2.75, 3.05) is 17.3 Å². The van der Waals surface area contributed by atoms with Gasteiger partial charge in [-0.1, -0.05) is 0 Å². The predicted octanol–water partition coefficient (Wildman–Crippen LogP) is 4.75. The van der Waals surface area contributed by atoms with Crippen LogP contribution in [0.25, 0.3) is 0 Å². The van der Waals surface area contributed by atoms with Gasteiger partial charge >= 0.3 is 0 Å². The number of thiophene rings is 1. The maximum absolute atomic E-state index is 14.1. The molecular formula is C15H16BrFN2OS. The van der Waals surface area contributed by atoms with E-state index in [1.165, 1.54) is 17.4 Å². The number of anilines is 2. The molecule has 2 aromatic rings. The highest BCUT2D eigenvalue weighted by atomic mass is 79.9. The van der Waals surface area contributed by atoms with Crippen molar-refractivity contribution in [1.29, 1.82) is 0 Å². The first kappa shape index (κ1) is 16.0. The van der Waals surface area contributed by atoms with E-state index in [2.05, 4.69) is 21.2 Å². The molecule has 0 saturated carbocycles. The van der Waals surface area contributed by atoms with Gasteiger partial charge in [0.05, 0.1) is 15.0 Å². The zero-order valence-electron chi connectivity index (χ0n) is 12.0. The SMILES string of the molecule is CC(C)N(C)c1ccc(NC(=O)c2csc(Br)c2)cc1F. The molecule has 0 unspecified atom stereocenters. The van der Waals surface area contributed by atoms with Gasteiger partial charge in [0.15, 0.2) is 0 Å². The molecule has 0 saturated heterocycles. The van der Waals surface area contributed by atoms with Crippen LogP contribution in [0.5, 0.6) is 0 Å². The van der Waals surface area contributed by atoms with Gasteiger partial charge in [0, 0.05) is 24.2 Å². The van der Waals surface area contributed by atoms with E-state index in [0.717, 1.165) is 3.79 Å². The molecule has 21 heavy (non-hydrogen) atoms. The monoisotopic (exact) mass is 370 g/mol. The van der Waals surface area contributed by atoms with Crippen LogP contribution >= 0.6 is 27.3 Å². The molecule has 6 heteroatoms. The number of hydrogen-bond donors (Lipinski definition) is 1. The Labute approximate surface area is 135 Å². The van der Waals surface area contributed by atoms with Crippen LogP contribution in [0.2, 0.25) is 0 Å². The number of amides is 1. The van der Waals surface area contributed by atoms with E-state index in [4.69, 9.17) is 0 Å². The van der Waals surface area contributed by atoms with Crippen molar-refractivity contribution >= 4 is 44.5 Å². The summed E-state index contributed by atoms with van der Waals surface area (Å²) in [6, 6.07) is 6.65. The number of benzene rings is 1. The number of nitrogens with one attached hydrogen (secondary N) is 1. The second kappa shape index (κ2) is 6.58. The van der Waals surface area contributed by atoms with Gasteiger partial charge in [0.1, 0.15) is 5.82 Å². The van der Waals surface area contributed by atoms with Crippen LogP contribution in [-0.2, 0) is 0 Å². The van der Waals surface area contributed by atoms with Crippen molar-refractivity contribution in [2.45, 2.75) is 19.9 Å². The minimum atomic E-state index is -0.351. The van der Waals surface area contributed by atoms with Gasteiger partial charge in [-0.05, 0) is 54.0 Å². The Bertz CT molecular complexity index is 657. The number of hydrogen-bond acceptors (Lipinski definition) is 3. The third-order valence-electron chi connectivity index (χ3n) is 3.19. The van der Waals surface area contributed by atoms with Crippen LogP contribution in [0.3, 0.4) is 0 Å². The molecule has 0 radical (unpaired) electrons. The molecule has 0 fully saturated rings. The Morgan fingerprint density at radius 3 is 2.62 bits per heavy atom. The first-order chi connectivity index (χ1) is 9.88. The lowest BCUT2D eigenvalue weighted by Crippen LogP contribution is -2.26. The summed E-state index contributed by atoms with van der Waals surface area (Å²) in [5.41, 5.74) is 1.51. The number of rotatable bonds is 4. The lowest BCUT2D eigenvalue weighted by Gasteiger charge is -2.24. The Balaban J connectivity index is 2.15. The maximum Gasteiger partial charge on any atom is 0.256 e. The Hall–Kier alpha value is -1.40. The summed E-state index contributed by atoms with van der Waals surface area (Å²) >= 11 is 4.74. The smallest absolute Gasteiger partial charge is 0.256 e. The zero-order chi connectivity index (χ0) is 15.6. The van der Waals surface area contributed by atoms with Crippen LogP contribution in [0, 0.1) is 5.82 Å². The van der Waals surface area contributed by atoms with Crippen LogP contribution < -0.4 is 10.2 Å². The summed E-state index contributed by atoms with van der Waals surface area (Å²) < 4.78 is 15.0. The third kappa shape index (κ3) is 3.83. The van der Waals surface area contributed by atoms with Crippen LogP contribution in [0.4, 0.5) is 15.8 Å². The Kier molecular flexibility index (Phi) is 5.00. The third-order valence-corrected chi connectivity index (χ3v) is 4.69. The topological polar surface area (TPSA) is 32.3 Å². The molecule has 1 aromatic carbocycles. The van der Waals surface area contributed by atoms with Crippen molar-refractivity contribution in [3.05, 3.63) is 44.8 Å². The number of halogens is 2. The summed E-state index contributed by atoms with van der Waals surface area (Å²) in [7, 11) is 1.84.